The molecule has 4 aromatic rings. The molecule has 0 spiro atoms. The minimum Gasteiger partial charge on any atom is -0.462 e. The van der Waals surface area contributed by atoms with Crippen molar-refractivity contribution in [2.75, 3.05) is 12.3 Å². The van der Waals surface area contributed by atoms with Crippen molar-refractivity contribution in [3.63, 3.8) is 0 Å². The summed E-state index contributed by atoms with van der Waals surface area (Å²) in [5.74, 6) is -0.356. The first kappa shape index (κ1) is 18.6. The summed E-state index contributed by atoms with van der Waals surface area (Å²) in [5, 5.41) is 0.304. The van der Waals surface area contributed by atoms with Gasteiger partial charge in [-0.05, 0) is 37.6 Å². The number of hydrogen-bond acceptors (Lipinski definition) is 5. The molecule has 0 bridgehead atoms. The van der Waals surface area contributed by atoms with Crippen molar-refractivity contribution >= 4 is 28.5 Å². The SMILES string of the molecule is CCOC(=O)c1cc2c(=O)n3ccccc3nc2[n+](Cc2ccc(C)cc2)c1N. The number of benzene rings is 1. The lowest BCUT2D eigenvalue weighted by Crippen LogP contribution is -2.42. The van der Waals surface area contributed by atoms with Crippen LogP contribution in [0.1, 0.15) is 28.4 Å². The van der Waals surface area contributed by atoms with Crippen LogP contribution in [0.15, 0.2) is 59.5 Å². The quantitative estimate of drug-likeness (QED) is 0.328. The van der Waals surface area contributed by atoms with Crippen LogP contribution in [0.4, 0.5) is 5.82 Å². The van der Waals surface area contributed by atoms with Gasteiger partial charge in [0, 0.05) is 6.20 Å². The van der Waals surface area contributed by atoms with E-state index in [4.69, 9.17) is 10.5 Å². The number of aromatic nitrogens is 3. The van der Waals surface area contributed by atoms with Crippen LogP contribution in [0.25, 0.3) is 16.7 Å². The van der Waals surface area contributed by atoms with Gasteiger partial charge in [-0.2, -0.15) is 0 Å². The number of fused-ring (bicyclic) bond motifs is 2. The first-order chi connectivity index (χ1) is 14.0. The lowest BCUT2D eigenvalue weighted by atomic mass is 10.1. The summed E-state index contributed by atoms with van der Waals surface area (Å²) in [6, 6.07) is 14.8. The molecule has 0 aliphatic rings. The third-order valence-corrected chi connectivity index (χ3v) is 4.82. The smallest absolute Gasteiger partial charge is 0.344 e. The molecule has 0 saturated carbocycles. The lowest BCUT2D eigenvalue weighted by molar-refractivity contribution is -0.649. The third-order valence-electron chi connectivity index (χ3n) is 4.82. The van der Waals surface area contributed by atoms with Crippen molar-refractivity contribution in [2.45, 2.75) is 20.4 Å². The maximum absolute atomic E-state index is 13.1. The van der Waals surface area contributed by atoms with E-state index in [1.54, 1.807) is 29.8 Å². The fourth-order valence-corrected chi connectivity index (χ4v) is 3.31. The van der Waals surface area contributed by atoms with Crippen LogP contribution in [-0.4, -0.2) is 22.0 Å². The second kappa shape index (κ2) is 7.35. The number of esters is 1. The van der Waals surface area contributed by atoms with Crippen molar-refractivity contribution < 1.29 is 14.1 Å². The summed E-state index contributed by atoms with van der Waals surface area (Å²) in [5.41, 5.74) is 9.29. The standard InChI is InChI=1S/C22H20N4O3/c1-3-29-22(28)16-12-17-20(24-18-6-4-5-11-25(18)21(17)27)26(19(16)23)13-15-9-7-14(2)8-10-15/h4-12,23H,3,13H2,1-2H3/p+1. The third kappa shape index (κ3) is 3.31. The monoisotopic (exact) mass is 389 g/mol. The summed E-state index contributed by atoms with van der Waals surface area (Å²) < 4.78 is 8.29. The van der Waals surface area contributed by atoms with Gasteiger partial charge in [0.1, 0.15) is 10.9 Å². The fourth-order valence-electron chi connectivity index (χ4n) is 3.31. The highest BCUT2D eigenvalue weighted by molar-refractivity contribution is 5.96. The molecular weight excluding hydrogens is 368 g/mol. The number of pyridine rings is 2. The van der Waals surface area contributed by atoms with E-state index >= 15 is 0 Å². The predicted molar refractivity (Wildman–Crippen MR) is 110 cm³/mol. The fraction of sp³-hybridized carbons (Fsp3) is 0.182. The highest BCUT2D eigenvalue weighted by Crippen LogP contribution is 2.17. The molecule has 0 saturated heterocycles. The van der Waals surface area contributed by atoms with E-state index in [0.717, 1.165) is 11.1 Å². The number of anilines is 1. The molecule has 4 rings (SSSR count). The lowest BCUT2D eigenvalue weighted by Gasteiger charge is -2.12. The molecule has 2 N–H and O–H groups in total. The first-order valence-corrected chi connectivity index (χ1v) is 9.35. The number of carbonyl (C=O) groups is 1. The molecular formula is C22H21N4O3+. The zero-order valence-electron chi connectivity index (χ0n) is 16.3. The van der Waals surface area contributed by atoms with Gasteiger partial charge in [-0.3, -0.25) is 9.20 Å². The van der Waals surface area contributed by atoms with Crippen LogP contribution in [0.2, 0.25) is 0 Å². The molecule has 0 unspecified atom stereocenters. The van der Waals surface area contributed by atoms with Crippen LogP contribution >= 0.6 is 0 Å². The highest BCUT2D eigenvalue weighted by Gasteiger charge is 2.25. The number of rotatable bonds is 4. The first-order valence-electron chi connectivity index (χ1n) is 9.35. The van der Waals surface area contributed by atoms with Crippen LogP contribution in [-0.2, 0) is 11.3 Å². The Hall–Kier alpha value is -3.74. The van der Waals surface area contributed by atoms with Gasteiger partial charge >= 0.3 is 5.97 Å². The maximum Gasteiger partial charge on any atom is 0.344 e. The molecule has 29 heavy (non-hydrogen) atoms. The van der Waals surface area contributed by atoms with Crippen LogP contribution in [0.5, 0.6) is 0 Å². The van der Waals surface area contributed by atoms with Gasteiger partial charge < -0.3 is 10.5 Å². The van der Waals surface area contributed by atoms with Crippen molar-refractivity contribution in [1.82, 2.24) is 9.38 Å². The molecule has 0 radical (unpaired) electrons. The van der Waals surface area contributed by atoms with E-state index in [2.05, 4.69) is 4.98 Å². The van der Waals surface area contributed by atoms with Crippen molar-refractivity contribution in [2.24, 2.45) is 0 Å². The van der Waals surface area contributed by atoms with Crippen LogP contribution in [0, 0.1) is 6.92 Å². The van der Waals surface area contributed by atoms with Gasteiger partial charge in [-0.15, -0.1) is 0 Å². The Morgan fingerprint density at radius 1 is 1.21 bits per heavy atom. The summed E-state index contributed by atoms with van der Waals surface area (Å²) in [4.78, 5) is 30.2. The second-order valence-corrected chi connectivity index (χ2v) is 6.82. The van der Waals surface area contributed by atoms with E-state index in [9.17, 15) is 9.59 Å². The highest BCUT2D eigenvalue weighted by atomic mass is 16.5. The topological polar surface area (TPSA) is 90.6 Å². The van der Waals surface area contributed by atoms with E-state index in [0.29, 0.717) is 23.2 Å². The van der Waals surface area contributed by atoms with Gasteiger partial charge in [-0.25, -0.2) is 9.36 Å². The van der Waals surface area contributed by atoms with Gasteiger partial charge in [0.25, 0.3) is 11.2 Å². The van der Waals surface area contributed by atoms with Crippen LogP contribution < -0.4 is 15.9 Å². The average Bonchev–Trinajstić information content (AvgIpc) is 2.72. The Bertz CT molecular complexity index is 1290. The number of nitrogens with zero attached hydrogens (tertiary/aromatic N) is 3. The molecule has 0 fully saturated rings. The molecule has 1 aromatic carbocycles. The number of nitrogen functional groups attached to an aromatic ring is 1. The van der Waals surface area contributed by atoms with Gasteiger partial charge in [0.05, 0.1) is 13.2 Å². The number of aryl methyl sites for hydroxylation is 1. The summed E-state index contributed by atoms with van der Waals surface area (Å²) in [6.45, 7) is 4.31. The molecule has 0 amide bonds. The van der Waals surface area contributed by atoms with E-state index in [1.165, 1.54) is 10.5 Å². The van der Waals surface area contributed by atoms with E-state index < -0.39 is 5.97 Å². The molecule has 0 aliphatic carbocycles. The molecule has 3 heterocycles. The minimum atomic E-state index is -0.567. The summed E-state index contributed by atoms with van der Waals surface area (Å²) >= 11 is 0. The number of hydrogen-bond donors (Lipinski definition) is 1. The number of ether oxygens (including phenoxy) is 1. The molecule has 3 aromatic heterocycles. The number of nitrogens with two attached hydrogens (primary N) is 1. The Morgan fingerprint density at radius 2 is 1.97 bits per heavy atom. The second-order valence-electron chi connectivity index (χ2n) is 6.82. The Labute approximate surface area is 167 Å². The van der Waals surface area contributed by atoms with Crippen molar-refractivity contribution in [3.8, 4) is 0 Å². The van der Waals surface area contributed by atoms with Gasteiger partial charge in [-0.1, -0.05) is 40.9 Å². The molecule has 7 nitrogen and oxygen atoms in total. The molecule has 146 valence electrons. The summed E-state index contributed by atoms with van der Waals surface area (Å²) in [7, 11) is 0. The van der Waals surface area contributed by atoms with E-state index in [-0.39, 0.29) is 23.5 Å². The van der Waals surface area contributed by atoms with E-state index in [1.807, 2.05) is 37.3 Å². The van der Waals surface area contributed by atoms with Crippen LogP contribution in [0.3, 0.4) is 0 Å². The van der Waals surface area contributed by atoms with Gasteiger partial charge in [0.15, 0.2) is 0 Å². The molecule has 7 heteroatoms. The molecule has 0 atom stereocenters. The average molecular weight is 389 g/mol. The van der Waals surface area contributed by atoms with Crippen molar-refractivity contribution in [1.29, 1.82) is 0 Å². The summed E-state index contributed by atoms with van der Waals surface area (Å²) in [6.07, 6.45) is 1.65. The van der Waals surface area contributed by atoms with Gasteiger partial charge in [0.2, 0.25) is 11.5 Å². The predicted octanol–water partition coefficient (Wildman–Crippen LogP) is 2.25. The Kier molecular flexibility index (Phi) is 4.72. The molecule has 0 aliphatic heterocycles. The largest absolute Gasteiger partial charge is 0.462 e. The minimum absolute atomic E-state index is 0.154. The maximum atomic E-state index is 13.1. The Balaban J connectivity index is 2.04. The normalized spacial score (nSPS) is 11.1. The number of carbonyl (C=O) groups excluding carboxylic acids is 1. The van der Waals surface area contributed by atoms with Crippen molar-refractivity contribution in [3.05, 3.63) is 81.8 Å². The zero-order valence-corrected chi connectivity index (χ0v) is 16.3. The Morgan fingerprint density at radius 3 is 2.69 bits per heavy atom. The zero-order chi connectivity index (χ0) is 20.5.